The maximum atomic E-state index is 12.6. The van der Waals surface area contributed by atoms with E-state index in [9.17, 15) is 4.79 Å². The molecular formula is C20H20BrN5O2. The number of aromatic nitrogens is 2. The molecule has 144 valence electrons. The van der Waals surface area contributed by atoms with Gasteiger partial charge in [-0.3, -0.25) is 9.69 Å². The summed E-state index contributed by atoms with van der Waals surface area (Å²) in [5.74, 6) is 1.39. The molecule has 0 atom stereocenters. The average Bonchev–Trinajstić information content (AvgIpc) is 3.09. The molecule has 1 amide bonds. The van der Waals surface area contributed by atoms with Crippen molar-refractivity contribution >= 4 is 44.6 Å². The van der Waals surface area contributed by atoms with E-state index in [-0.39, 0.29) is 5.91 Å². The molecule has 1 saturated heterocycles. The molecule has 3 aromatic rings. The number of nitrogen functional groups attached to an aromatic ring is 1. The Morgan fingerprint density at radius 1 is 1.25 bits per heavy atom. The van der Waals surface area contributed by atoms with Crippen molar-refractivity contribution in [3.8, 4) is 0 Å². The number of benzene rings is 1. The normalized spacial score (nSPS) is 15.8. The molecule has 0 spiro atoms. The maximum absolute atomic E-state index is 12.6. The summed E-state index contributed by atoms with van der Waals surface area (Å²) in [5.41, 5.74) is 7.71. The molecule has 2 aromatic heterocycles. The van der Waals surface area contributed by atoms with Crippen LogP contribution in [0.25, 0.3) is 17.0 Å². The zero-order valence-electron chi connectivity index (χ0n) is 15.2. The van der Waals surface area contributed by atoms with Gasteiger partial charge < -0.3 is 15.1 Å². The number of anilines is 1. The van der Waals surface area contributed by atoms with E-state index in [1.807, 2.05) is 41.3 Å². The Hall–Kier alpha value is -2.71. The summed E-state index contributed by atoms with van der Waals surface area (Å²) < 4.78 is 6.27. The van der Waals surface area contributed by atoms with Crippen LogP contribution in [-0.2, 0) is 11.3 Å². The zero-order chi connectivity index (χ0) is 19.5. The van der Waals surface area contributed by atoms with Crippen LogP contribution in [0.5, 0.6) is 0 Å². The Labute approximate surface area is 171 Å². The molecule has 7 nitrogen and oxygen atoms in total. The molecule has 1 fully saturated rings. The third-order valence-electron chi connectivity index (χ3n) is 4.74. The first-order valence-electron chi connectivity index (χ1n) is 8.98. The molecule has 1 aromatic carbocycles. The number of fused-ring (bicyclic) bond motifs is 1. The Bertz CT molecular complexity index is 1030. The van der Waals surface area contributed by atoms with Crippen LogP contribution in [0.1, 0.15) is 11.3 Å². The quantitative estimate of drug-likeness (QED) is 0.654. The smallest absolute Gasteiger partial charge is 0.237 e. The van der Waals surface area contributed by atoms with E-state index in [4.69, 9.17) is 10.2 Å². The topological polar surface area (TPSA) is 88.5 Å². The minimum Gasteiger partial charge on any atom is -0.464 e. The van der Waals surface area contributed by atoms with Gasteiger partial charge in [-0.05, 0) is 45.8 Å². The highest BCUT2D eigenvalue weighted by atomic mass is 79.9. The van der Waals surface area contributed by atoms with Gasteiger partial charge in [-0.25, -0.2) is 9.97 Å². The number of carbonyl (C=O) groups is 1. The minimum atomic E-state index is 0.127. The first-order valence-corrected chi connectivity index (χ1v) is 9.77. The van der Waals surface area contributed by atoms with Crippen molar-refractivity contribution in [3.63, 3.8) is 0 Å². The van der Waals surface area contributed by atoms with Crippen LogP contribution >= 0.6 is 15.9 Å². The average molecular weight is 442 g/mol. The summed E-state index contributed by atoms with van der Waals surface area (Å²) in [6.07, 6.45) is 7.04. The third kappa shape index (κ3) is 4.23. The molecule has 28 heavy (non-hydrogen) atoms. The molecule has 0 bridgehead atoms. The summed E-state index contributed by atoms with van der Waals surface area (Å²) in [6, 6.07) is 7.77. The van der Waals surface area contributed by atoms with Gasteiger partial charge in [-0.2, -0.15) is 0 Å². The molecule has 4 rings (SSSR count). The summed E-state index contributed by atoms with van der Waals surface area (Å²) in [6.45, 7) is 3.23. The lowest BCUT2D eigenvalue weighted by molar-refractivity contribution is -0.136. The van der Waals surface area contributed by atoms with Crippen molar-refractivity contribution < 1.29 is 9.21 Å². The van der Waals surface area contributed by atoms with Crippen LogP contribution in [0, 0.1) is 0 Å². The van der Waals surface area contributed by atoms with Gasteiger partial charge in [-0.15, -0.1) is 0 Å². The first kappa shape index (κ1) is 18.6. The lowest BCUT2D eigenvalue weighted by Crippen LogP contribution is -2.49. The van der Waals surface area contributed by atoms with Gasteiger partial charge in [0.05, 0.1) is 16.5 Å². The van der Waals surface area contributed by atoms with E-state index in [1.54, 1.807) is 6.26 Å². The van der Waals surface area contributed by atoms with E-state index >= 15 is 0 Å². The number of nitrogens with zero attached hydrogens (tertiary/aromatic N) is 4. The number of rotatable bonds is 5. The molecule has 1 aliphatic rings. The van der Waals surface area contributed by atoms with Crippen molar-refractivity contribution in [2.45, 2.75) is 6.54 Å². The maximum Gasteiger partial charge on any atom is 0.237 e. The number of amides is 1. The van der Waals surface area contributed by atoms with Gasteiger partial charge in [0.15, 0.2) is 0 Å². The predicted octanol–water partition coefficient (Wildman–Crippen LogP) is 2.93. The van der Waals surface area contributed by atoms with Crippen LogP contribution in [0.4, 0.5) is 5.82 Å². The number of piperazine rings is 1. The molecule has 8 heteroatoms. The Morgan fingerprint density at radius 3 is 2.93 bits per heavy atom. The predicted molar refractivity (Wildman–Crippen MR) is 111 cm³/mol. The summed E-state index contributed by atoms with van der Waals surface area (Å²) in [5, 5.41) is 0.831. The number of nitrogens with two attached hydrogens (primary N) is 1. The highest BCUT2D eigenvalue weighted by molar-refractivity contribution is 9.10. The number of furan rings is 1. The van der Waals surface area contributed by atoms with E-state index in [0.717, 1.165) is 33.2 Å². The molecular weight excluding hydrogens is 422 g/mol. The van der Waals surface area contributed by atoms with Crippen LogP contribution in [0.15, 0.2) is 51.8 Å². The van der Waals surface area contributed by atoms with Gasteiger partial charge in [0, 0.05) is 31.6 Å². The minimum absolute atomic E-state index is 0.127. The fraction of sp³-hybridized carbons (Fsp3) is 0.250. The van der Waals surface area contributed by atoms with Gasteiger partial charge in [0.25, 0.3) is 0 Å². The second kappa shape index (κ2) is 8.12. The first-order chi connectivity index (χ1) is 13.6. The molecule has 0 radical (unpaired) electrons. The standard InChI is InChI=1S/C20H20BrN5O2/c21-15-9-16(28-12-15)2-1-5-25-6-7-26(19(27)11-25)10-14-3-4-17-18(8-14)23-13-24-20(17)22/h1-4,8-9,12-13H,5-7,10-11H2,(H2,22,23,24)/b2-1+. The van der Waals surface area contributed by atoms with Crippen molar-refractivity contribution in [3.05, 3.63) is 58.7 Å². The number of hydrogen-bond donors (Lipinski definition) is 1. The summed E-state index contributed by atoms with van der Waals surface area (Å²) in [4.78, 5) is 24.8. The Balaban J connectivity index is 1.34. The summed E-state index contributed by atoms with van der Waals surface area (Å²) in [7, 11) is 0. The van der Waals surface area contributed by atoms with E-state index < -0.39 is 0 Å². The number of hydrogen-bond acceptors (Lipinski definition) is 6. The van der Waals surface area contributed by atoms with Crippen molar-refractivity contribution in [2.24, 2.45) is 0 Å². The molecule has 0 aliphatic carbocycles. The van der Waals surface area contributed by atoms with E-state index in [0.29, 0.717) is 32.0 Å². The molecule has 3 heterocycles. The number of halogens is 1. The fourth-order valence-corrected chi connectivity index (χ4v) is 3.58. The molecule has 1 aliphatic heterocycles. The summed E-state index contributed by atoms with van der Waals surface area (Å²) >= 11 is 3.36. The van der Waals surface area contributed by atoms with Crippen molar-refractivity contribution in [1.82, 2.24) is 19.8 Å². The van der Waals surface area contributed by atoms with Gasteiger partial charge in [-0.1, -0.05) is 12.1 Å². The van der Waals surface area contributed by atoms with Gasteiger partial charge in [0.1, 0.15) is 24.2 Å². The third-order valence-corrected chi connectivity index (χ3v) is 5.15. The van der Waals surface area contributed by atoms with Crippen LogP contribution in [-0.4, -0.2) is 51.9 Å². The van der Waals surface area contributed by atoms with Crippen LogP contribution in [0.2, 0.25) is 0 Å². The van der Waals surface area contributed by atoms with Gasteiger partial charge in [0.2, 0.25) is 5.91 Å². The van der Waals surface area contributed by atoms with E-state index in [1.165, 1.54) is 6.33 Å². The van der Waals surface area contributed by atoms with Crippen LogP contribution < -0.4 is 5.73 Å². The highest BCUT2D eigenvalue weighted by Crippen LogP contribution is 2.19. The molecule has 0 saturated carbocycles. The zero-order valence-corrected chi connectivity index (χ0v) is 16.8. The lowest BCUT2D eigenvalue weighted by Gasteiger charge is -2.33. The Morgan fingerprint density at radius 2 is 2.14 bits per heavy atom. The second-order valence-electron chi connectivity index (χ2n) is 6.73. The lowest BCUT2D eigenvalue weighted by atomic mass is 10.1. The van der Waals surface area contributed by atoms with E-state index in [2.05, 4.69) is 30.8 Å². The highest BCUT2D eigenvalue weighted by Gasteiger charge is 2.23. The molecule has 2 N–H and O–H groups in total. The SMILES string of the molecule is Nc1ncnc2cc(CN3CCN(C/C=C/c4cc(Br)co4)CC3=O)ccc12. The fourth-order valence-electron chi connectivity index (χ4n) is 3.26. The van der Waals surface area contributed by atoms with Crippen molar-refractivity contribution in [1.29, 1.82) is 0 Å². The largest absolute Gasteiger partial charge is 0.464 e. The van der Waals surface area contributed by atoms with Crippen LogP contribution in [0.3, 0.4) is 0 Å². The van der Waals surface area contributed by atoms with Gasteiger partial charge >= 0.3 is 0 Å². The monoisotopic (exact) mass is 441 g/mol. The Kier molecular flexibility index (Phi) is 5.40. The second-order valence-corrected chi connectivity index (χ2v) is 7.65. The van der Waals surface area contributed by atoms with Crippen molar-refractivity contribution in [2.75, 3.05) is 31.9 Å². The molecule has 0 unspecified atom stereocenters. The number of carbonyl (C=O) groups excluding carboxylic acids is 1.